The molecule has 0 aliphatic carbocycles. The van der Waals surface area contributed by atoms with Gasteiger partial charge in [-0.05, 0) is 68.3 Å². The number of oxazole rings is 1. The molecule has 0 bridgehead atoms. The summed E-state index contributed by atoms with van der Waals surface area (Å²) in [7, 11) is 0. The van der Waals surface area contributed by atoms with Gasteiger partial charge in [0.25, 0.3) is 5.91 Å². The van der Waals surface area contributed by atoms with Crippen LogP contribution in [0, 0.1) is 13.8 Å². The summed E-state index contributed by atoms with van der Waals surface area (Å²) >= 11 is 6.40. The molecule has 4 aromatic rings. The Labute approximate surface area is 174 Å². The standard InChI is InChI=1S/C24H21ClN2O2/c1-4-16-5-8-22-21(12-16)27-24(29-22)19-13-18(6-7-20(19)25)26-23(28)17-10-14(2)9-15(3)11-17/h5-13H,4H2,1-3H3,(H,26,28). The number of benzene rings is 3. The molecule has 4 nitrogen and oxygen atoms in total. The maximum absolute atomic E-state index is 12.7. The number of anilines is 1. The van der Waals surface area contributed by atoms with Crippen LogP contribution in [0.3, 0.4) is 0 Å². The lowest BCUT2D eigenvalue weighted by atomic mass is 10.1. The Bertz CT molecular complexity index is 1210. The van der Waals surface area contributed by atoms with Crippen LogP contribution in [-0.4, -0.2) is 10.9 Å². The molecule has 146 valence electrons. The van der Waals surface area contributed by atoms with E-state index >= 15 is 0 Å². The Hall–Kier alpha value is -3.11. The summed E-state index contributed by atoms with van der Waals surface area (Å²) < 4.78 is 5.90. The van der Waals surface area contributed by atoms with E-state index in [9.17, 15) is 4.79 Å². The zero-order valence-electron chi connectivity index (χ0n) is 16.5. The molecule has 0 spiro atoms. The summed E-state index contributed by atoms with van der Waals surface area (Å²) in [6.07, 6.45) is 0.929. The molecule has 0 atom stereocenters. The van der Waals surface area contributed by atoms with Crippen LogP contribution in [0.15, 0.2) is 59.0 Å². The van der Waals surface area contributed by atoms with E-state index in [1.54, 1.807) is 18.2 Å². The van der Waals surface area contributed by atoms with Crippen molar-refractivity contribution in [2.75, 3.05) is 5.32 Å². The highest BCUT2D eigenvalue weighted by Gasteiger charge is 2.14. The molecule has 0 unspecified atom stereocenters. The first-order valence-corrected chi connectivity index (χ1v) is 9.90. The fraction of sp³-hybridized carbons (Fsp3) is 0.167. The average Bonchev–Trinajstić information content (AvgIpc) is 3.11. The molecule has 29 heavy (non-hydrogen) atoms. The van der Waals surface area contributed by atoms with Crippen molar-refractivity contribution in [3.05, 3.63) is 81.9 Å². The number of amides is 1. The first kappa shape index (κ1) is 19.2. The van der Waals surface area contributed by atoms with Crippen molar-refractivity contribution in [1.82, 2.24) is 4.98 Å². The van der Waals surface area contributed by atoms with E-state index in [1.165, 1.54) is 5.56 Å². The van der Waals surface area contributed by atoms with E-state index in [1.807, 2.05) is 50.2 Å². The van der Waals surface area contributed by atoms with Gasteiger partial charge >= 0.3 is 0 Å². The summed E-state index contributed by atoms with van der Waals surface area (Å²) in [6, 6.07) is 17.0. The number of carbonyl (C=O) groups excluding carboxylic acids is 1. The first-order chi connectivity index (χ1) is 13.9. The molecule has 0 fully saturated rings. The van der Waals surface area contributed by atoms with Crippen molar-refractivity contribution in [2.45, 2.75) is 27.2 Å². The number of hydrogen-bond acceptors (Lipinski definition) is 3. The molecule has 0 saturated carbocycles. The van der Waals surface area contributed by atoms with Gasteiger partial charge in [0.15, 0.2) is 5.58 Å². The summed E-state index contributed by atoms with van der Waals surface area (Å²) in [5.74, 6) is 0.260. The first-order valence-electron chi connectivity index (χ1n) is 9.52. The summed E-state index contributed by atoms with van der Waals surface area (Å²) in [4.78, 5) is 17.3. The van der Waals surface area contributed by atoms with Crippen LogP contribution in [0.5, 0.6) is 0 Å². The van der Waals surface area contributed by atoms with E-state index < -0.39 is 0 Å². The predicted octanol–water partition coefficient (Wildman–Crippen LogP) is 6.58. The minimum atomic E-state index is -0.171. The molecule has 5 heteroatoms. The van der Waals surface area contributed by atoms with Crippen LogP contribution in [0.2, 0.25) is 5.02 Å². The molecule has 3 aromatic carbocycles. The van der Waals surface area contributed by atoms with Crippen LogP contribution >= 0.6 is 11.6 Å². The SMILES string of the molecule is CCc1ccc2oc(-c3cc(NC(=O)c4cc(C)cc(C)c4)ccc3Cl)nc2c1. The number of carbonyl (C=O) groups is 1. The van der Waals surface area contributed by atoms with Crippen molar-refractivity contribution < 1.29 is 9.21 Å². The van der Waals surface area contributed by atoms with E-state index in [0.717, 1.165) is 23.1 Å². The molecule has 0 aliphatic heterocycles. The third-order valence-electron chi connectivity index (χ3n) is 4.80. The van der Waals surface area contributed by atoms with Gasteiger partial charge in [-0.15, -0.1) is 0 Å². The lowest BCUT2D eigenvalue weighted by molar-refractivity contribution is 0.102. The quantitative estimate of drug-likeness (QED) is 0.418. The Morgan fingerprint density at radius 2 is 1.79 bits per heavy atom. The zero-order valence-corrected chi connectivity index (χ0v) is 17.3. The van der Waals surface area contributed by atoms with Crippen molar-refractivity contribution in [3.63, 3.8) is 0 Å². The van der Waals surface area contributed by atoms with Crippen LogP contribution < -0.4 is 5.32 Å². The number of rotatable bonds is 4. The van der Waals surface area contributed by atoms with E-state index in [0.29, 0.717) is 33.3 Å². The van der Waals surface area contributed by atoms with Gasteiger partial charge in [-0.3, -0.25) is 4.79 Å². The van der Waals surface area contributed by atoms with E-state index in [4.69, 9.17) is 16.0 Å². The van der Waals surface area contributed by atoms with Gasteiger partial charge in [-0.2, -0.15) is 0 Å². The highest BCUT2D eigenvalue weighted by molar-refractivity contribution is 6.33. The predicted molar refractivity (Wildman–Crippen MR) is 118 cm³/mol. The Kier molecular flexibility index (Phi) is 5.12. The molecule has 1 heterocycles. The number of nitrogens with one attached hydrogen (secondary N) is 1. The zero-order chi connectivity index (χ0) is 20.5. The third kappa shape index (κ3) is 4.03. The van der Waals surface area contributed by atoms with Gasteiger partial charge in [0.1, 0.15) is 5.52 Å². The summed E-state index contributed by atoms with van der Waals surface area (Å²) in [5, 5.41) is 3.45. The molecule has 1 N–H and O–H groups in total. The van der Waals surface area contributed by atoms with Crippen LogP contribution in [0.4, 0.5) is 5.69 Å². The largest absolute Gasteiger partial charge is 0.436 e. The Morgan fingerprint density at radius 3 is 2.52 bits per heavy atom. The van der Waals surface area contributed by atoms with Crippen LogP contribution in [0.1, 0.15) is 34.0 Å². The highest BCUT2D eigenvalue weighted by atomic mass is 35.5. The van der Waals surface area contributed by atoms with Gasteiger partial charge < -0.3 is 9.73 Å². The second kappa shape index (κ2) is 7.72. The lowest BCUT2D eigenvalue weighted by Gasteiger charge is -2.09. The van der Waals surface area contributed by atoms with Gasteiger partial charge in [0.2, 0.25) is 5.89 Å². The summed E-state index contributed by atoms with van der Waals surface area (Å²) in [5.41, 5.74) is 6.67. The van der Waals surface area contributed by atoms with E-state index in [-0.39, 0.29) is 5.91 Å². The molecular weight excluding hydrogens is 384 g/mol. The smallest absolute Gasteiger partial charge is 0.255 e. The topological polar surface area (TPSA) is 55.1 Å². The maximum Gasteiger partial charge on any atom is 0.255 e. The number of halogens is 1. The van der Waals surface area contributed by atoms with Crippen molar-refractivity contribution >= 4 is 34.3 Å². The van der Waals surface area contributed by atoms with Crippen molar-refractivity contribution in [1.29, 1.82) is 0 Å². The molecule has 1 aromatic heterocycles. The maximum atomic E-state index is 12.7. The number of nitrogens with zero attached hydrogens (tertiary/aromatic N) is 1. The fourth-order valence-electron chi connectivity index (χ4n) is 3.38. The minimum absolute atomic E-state index is 0.171. The molecule has 1 amide bonds. The molecular formula is C24H21ClN2O2. The normalized spacial score (nSPS) is 11.0. The molecule has 0 radical (unpaired) electrons. The molecule has 4 rings (SSSR count). The monoisotopic (exact) mass is 404 g/mol. The fourth-order valence-corrected chi connectivity index (χ4v) is 3.58. The van der Waals surface area contributed by atoms with Gasteiger partial charge in [-0.25, -0.2) is 4.98 Å². The number of hydrogen-bond donors (Lipinski definition) is 1. The van der Waals surface area contributed by atoms with Gasteiger partial charge in [0.05, 0.1) is 10.6 Å². The van der Waals surface area contributed by atoms with Crippen molar-refractivity contribution in [2.24, 2.45) is 0 Å². The van der Waals surface area contributed by atoms with Crippen LogP contribution in [0.25, 0.3) is 22.6 Å². The lowest BCUT2D eigenvalue weighted by Crippen LogP contribution is -2.12. The number of aromatic nitrogens is 1. The molecule has 0 aliphatic rings. The second-order valence-corrected chi connectivity index (χ2v) is 7.61. The number of aryl methyl sites for hydroxylation is 3. The highest BCUT2D eigenvalue weighted by Crippen LogP contribution is 2.32. The van der Waals surface area contributed by atoms with Crippen LogP contribution in [-0.2, 0) is 6.42 Å². The molecule has 0 saturated heterocycles. The van der Waals surface area contributed by atoms with Gasteiger partial charge in [-0.1, -0.05) is 41.8 Å². The van der Waals surface area contributed by atoms with Crippen molar-refractivity contribution in [3.8, 4) is 11.5 Å². The Morgan fingerprint density at radius 1 is 1.03 bits per heavy atom. The average molecular weight is 405 g/mol. The second-order valence-electron chi connectivity index (χ2n) is 7.20. The Balaban J connectivity index is 1.66. The van der Waals surface area contributed by atoms with E-state index in [2.05, 4.69) is 17.2 Å². The third-order valence-corrected chi connectivity index (χ3v) is 5.13. The van der Waals surface area contributed by atoms with Gasteiger partial charge in [0, 0.05) is 11.3 Å². The summed E-state index contributed by atoms with van der Waals surface area (Å²) in [6.45, 7) is 6.05. The minimum Gasteiger partial charge on any atom is -0.436 e. The number of fused-ring (bicyclic) bond motifs is 1.